The Balaban J connectivity index is 2.86. The summed E-state index contributed by atoms with van der Waals surface area (Å²) in [4.78, 5) is 11.2. The molecule has 0 aliphatic carbocycles. The molecule has 0 spiro atoms. The first kappa shape index (κ1) is 14.0. The van der Waals surface area contributed by atoms with Gasteiger partial charge in [0.1, 0.15) is 0 Å². The van der Waals surface area contributed by atoms with E-state index in [1.54, 1.807) is 25.4 Å². The van der Waals surface area contributed by atoms with Crippen molar-refractivity contribution in [2.45, 2.75) is 10.5 Å². The molecule has 1 atom stereocenters. The predicted molar refractivity (Wildman–Crippen MR) is 80.2 cm³/mol. The standard InChI is InChI=1S/C12H16IN3O/c1-3-4-9(7-11(13)14)15-10-5-6-12(17)16(2)8-10/h3-6,8,11,15H,1,7,14H2,2H3/b9-4+. The van der Waals surface area contributed by atoms with Gasteiger partial charge in [-0.1, -0.05) is 35.2 Å². The Labute approximate surface area is 114 Å². The molecule has 1 aromatic heterocycles. The third-order valence-electron chi connectivity index (χ3n) is 2.12. The Hall–Kier alpha value is -1.08. The molecule has 1 unspecified atom stereocenters. The largest absolute Gasteiger partial charge is 0.358 e. The van der Waals surface area contributed by atoms with Crippen molar-refractivity contribution >= 4 is 28.3 Å². The van der Waals surface area contributed by atoms with E-state index in [0.717, 1.165) is 17.8 Å². The Morgan fingerprint density at radius 1 is 1.71 bits per heavy atom. The lowest BCUT2D eigenvalue weighted by atomic mass is 10.2. The number of hydrogen-bond donors (Lipinski definition) is 2. The molecule has 0 saturated heterocycles. The zero-order chi connectivity index (χ0) is 12.8. The van der Waals surface area contributed by atoms with Gasteiger partial charge in [-0.15, -0.1) is 0 Å². The lowest BCUT2D eigenvalue weighted by molar-refractivity contribution is 0.858. The number of pyridine rings is 1. The van der Waals surface area contributed by atoms with Crippen LogP contribution in [0.5, 0.6) is 0 Å². The Morgan fingerprint density at radius 2 is 2.41 bits per heavy atom. The van der Waals surface area contributed by atoms with Crippen LogP contribution in [0.3, 0.4) is 0 Å². The van der Waals surface area contributed by atoms with Gasteiger partial charge < -0.3 is 15.6 Å². The van der Waals surface area contributed by atoms with Gasteiger partial charge in [-0.2, -0.15) is 0 Å². The average molecular weight is 345 g/mol. The van der Waals surface area contributed by atoms with Gasteiger partial charge in [-0.25, -0.2) is 0 Å². The molecule has 5 heteroatoms. The van der Waals surface area contributed by atoms with E-state index in [-0.39, 0.29) is 9.61 Å². The summed E-state index contributed by atoms with van der Waals surface area (Å²) in [5.41, 5.74) is 7.55. The van der Waals surface area contributed by atoms with Crippen LogP contribution in [0.1, 0.15) is 6.42 Å². The quantitative estimate of drug-likeness (QED) is 0.371. The van der Waals surface area contributed by atoms with Crippen molar-refractivity contribution < 1.29 is 0 Å². The van der Waals surface area contributed by atoms with Crippen LogP contribution in [0.15, 0.2) is 47.6 Å². The van der Waals surface area contributed by atoms with Crippen LogP contribution in [0.2, 0.25) is 0 Å². The molecule has 0 amide bonds. The highest BCUT2D eigenvalue weighted by Gasteiger charge is 2.03. The molecule has 17 heavy (non-hydrogen) atoms. The van der Waals surface area contributed by atoms with Gasteiger partial charge in [-0.05, 0) is 12.1 Å². The molecule has 3 N–H and O–H groups in total. The summed E-state index contributed by atoms with van der Waals surface area (Å²) in [6, 6.07) is 3.27. The van der Waals surface area contributed by atoms with Crippen molar-refractivity contribution in [3.05, 3.63) is 53.1 Å². The smallest absolute Gasteiger partial charge is 0.250 e. The van der Waals surface area contributed by atoms with E-state index in [9.17, 15) is 4.79 Å². The molecule has 0 bridgehead atoms. The van der Waals surface area contributed by atoms with Gasteiger partial charge in [-0.3, -0.25) is 4.79 Å². The first-order valence-corrected chi connectivity index (χ1v) is 6.42. The summed E-state index contributed by atoms with van der Waals surface area (Å²) >= 11 is 2.16. The molecule has 1 rings (SSSR count). The molecule has 0 radical (unpaired) electrons. The zero-order valence-corrected chi connectivity index (χ0v) is 11.8. The molecule has 4 nitrogen and oxygen atoms in total. The van der Waals surface area contributed by atoms with E-state index in [4.69, 9.17) is 5.73 Å². The molecular weight excluding hydrogens is 329 g/mol. The van der Waals surface area contributed by atoms with E-state index in [1.165, 1.54) is 10.6 Å². The van der Waals surface area contributed by atoms with Crippen molar-refractivity contribution in [1.82, 2.24) is 4.57 Å². The summed E-state index contributed by atoms with van der Waals surface area (Å²) < 4.78 is 1.57. The molecule has 0 aliphatic heterocycles. The summed E-state index contributed by atoms with van der Waals surface area (Å²) in [6.07, 6.45) is 6.06. The van der Waals surface area contributed by atoms with Crippen molar-refractivity contribution in [2.24, 2.45) is 12.8 Å². The number of hydrogen-bond acceptors (Lipinski definition) is 3. The number of aromatic nitrogens is 1. The SMILES string of the molecule is C=C/C=C(\CC(N)I)Nc1ccc(=O)n(C)c1. The van der Waals surface area contributed by atoms with Gasteiger partial charge in [0.2, 0.25) is 5.56 Å². The summed E-state index contributed by atoms with van der Waals surface area (Å²) in [6.45, 7) is 3.67. The second kappa shape index (κ2) is 6.61. The molecule has 0 saturated carbocycles. The normalized spacial score (nSPS) is 13.2. The minimum absolute atomic E-state index is 0.0320. The highest BCUT2D eigenvalue weighted by atomic mass is 127. The second-order valence-electron chi connectivity index (χ2n) is 3.64. The molecule has 92 valence electrons. The molecule has 0 aromatic carbocycles. The monoisotopic (exact) mass is 345 g/mol. The number of nitrogens with two attached hydrogens (primary N) is 1. The minimum Gasteiger partial charge on any atom is -0.358 e. The number of halogens is 1. The fraction of sp³-hybridized carbons (Fsp3) is 0.250. The first-order valence-electron chi connectivity index (χ1n) is 5.18. The van der Waals surface area contributed by atoms with Crippen LogP contribution >= 0.6 is 22.6 Å². The van der Waals surface area contributed by atoms with E-state index < -0.39 is 0 Å². The number of alkyl halides is 1. The lowest BCUT2D eigenvalue weighted by Crippen LogP contribution is -2.17. The predicted octanol–water partition coefficient (Wildman–Crippen LogP) is 1.98. The van der Waals surface area contributed by atoms with Gasteiger partial charge in [0, 0.05) is 31.4 Å². The number of anilines is 1. The van der Waals surface area contributed by atoms with Crippen LogP contribution in [0.4, 0.5) is 5.69 Å². The van der Waals surface area contributed by atoms with Crippen LogP contribution in [0.25, 0.3) is 0 Å². The number of aryl methyl sites for hydroxylation is 1. The third-order valence-corrected chi connectivity index (χ3v) is 2.57. The fourth-order valence-corrected chi connectivity index (χ4v) is 1.84. The zero-order valence-electron chi connectivity index (χ0n) is 9.69. The van der Waals surface area contributed by atoms with Crippen LogP contribution in [-0.4, -0.2) is 8.62 Å². The van der Waals surface area contributed by atoms with Crippen LogP contribution < -0.4 is 16.6 Å². The maximum atomic E-state index is 11.2. The van der Waals surface area contributed by atoms with E-state index >= 15 is 0 Å². The lowest BCUT2D eigenvalue weighted by Gasteiger charge is -2.12. The molecular formula is C12H16IN3O. The van der Waals surface area contributed by atoms with Crippen molar-refractivity contribution in [3.63, 3.8) is 0 Å². The van der Waals surface area contributed by atoms with Gasteiger partial charge in [0.05, 0.1) is 9.74 Å². The third kappa shape index (κ3) is 4.74. The number of rotatable bonds is 5. The van der Waals surface area contributed by atoms with E-state index in [2.05, 4.69) is 34.5 Å². The van der Waals surface area contributed by atoms with Gasteiger partial charge in [0.25, 0.3) is 0 Å². The Bertz CT molecular complexity index is 477. The van der Waals surface area contributed by atoms with Crippen LogP contribution in [-0.2, 0) is 7.05 Å². The average Bonchev–Trinajstić information content (AvgIpc) is 2.23. The molecule has 1 heterocycles. The van der Waals surface area contributed by atoms with Crippen molar-refractivity contribution in [2.75, 3.05) is 5.32 Å². The van der Waals surface area contributed by atoms with Gasteiger partial charge in [0.15, 0.2) is 0 Å². The van der Waals surface area contributed by atoms with Crippen molar-refractivity contribution in [3.8, 4) is 0 Å². The summed E-state index contributed by atoms with van der Waals surface area (Å²) in [5.74, 6) is 0. The second-order valence-corrected chi connectivity index (χ2v) is 5.24. The fourth-order valence-electron chi connectivity index (χ4n) is 1.37. The Morgan fingerprint density at radius 3 is 2.94 bits per heavy atom. The van der Waals surface area contributed by atoms with Crippen LogP contribution in [0, 0.1) is 0 Å². The highest BCUT2D eigenvalue weighted by molar-refractivity contribution is 14.1. The maximum Gasteiger partial charge on any atom is 0.250 e. The van der Waals surface area contributed by atoms with Gasteiger partial charge >= 0.3 is 0 Å². The topological polar surface area (TPSA) is 60.0 Å². The summed E-state index contributed by atoms with van der Waals surface area (Å²) in [5, 5.41) is 3.22. The molecule has 0 aliphatic rings. The van der Waals surface area contributed by atoms with Crippen molar-refractivity contribution in [1.29, 1.82) is 0 Å². The number of nitrogens with one attached hydrogen (secondary N) is 1. The minimum atomic E-state index is -0.0320. The highest BCUT2D eigenvalue weighted by Crippen LogP contribution is 2.13. The Kier molecular flexibility index (Phi) is 5.43. The molecule has 0 fully saturated rings. The number of allylic oxidation sites excluding steroid dienone is 2. The maximum absolute atomic E-state index is 11.2. The summed E-state index contributed by atoms with van der Waals surface area (Å²) in [7, 11) is 1.72. The first-order chi connectivity index (χ1) is 8.02. The number of nitrogens with zero attached hydrogens (tertiary/aromatic N) is 1. The van der Waals surface area contributed by atoms with E-state index in [0.29, 0.717) is 0 Å². The van der Waals surface area contributed by atoms with E-state index in [1.807, 2.05) is 6.08 Å². The molecule has 1 aromatic rings.